The highest BCUT2D eigenvalue weighted by atomic mass is 32.1. The van der Waals surface area contributed by atoms with Crippen molar-refractivity contribution in [3.8, 4) is 27.3 Å². The van der Waals surface area contributed by atoms with Gasteiger partial charge in [-0.3, -0.25) is 9.59 Å². The van der Waals surface area contributed by atoms with Gasteiger partial charge in [0, 0.05) is 52.3 Å². The zero-order valence-corrected chi connectivity index (χ0v) is 27.3. The number of thiophene rings is 1. The van der Waals surface area contributed by atoms with Gasteiger partial charge in [0.15, 0.2) is 5.69 Å². The summed E-state index contributed by atoms with van der Waals surface area (Å²) in [6, 6.07) is 12.8. The number of benzene rings is 2. The number of amides is 2. The molecule has 10 heteroatoms. The molecule has 4 N–H and O–H groups in total. The lowest BCUT2D eigenvalue weighted by Crippen LogP contribution is -2.35. The SMILES string of the molecule is COC(=O)c1nc(C(=O)NCC2CC(C)C2)ccc1-c1cc2c(cc1C(=O)Nc1c(C)cc(CN)cc1C)-c1sccc1CCO2. The van der Waals surface area contributed by atoms with Gasteiger partial charge >= 0.3 is 5.97 Å². The first-order chi connectivity index (χ1) is 22.2. The van der Waals surface area contributed by atoms with Crippen LogP contribution in [0.4, 0.5) is 5.69 Å². The molecule has 0 atom stereocenters. The van der Waals surface area contributed by atoms with E-state index in [0.717, 1.165) is 52.0 Å². The third-order valence-corrected chi connectivity index (χ3v) is 9.86. The number of hydrogen-bond acceptors (Lipinski definition) is 8. The van der Waals surface area contributed by atoms with E-state index in [-0.39, 0.29) is 23.2 Å². The van der Waals surface area contributed by atoms with Crippen LogP contribution in [0.15, 0.2) is 47.8 Å². The molecule has 0 bridgehead atoms. The van der Waals surface area contributed by atoms with Gasteiger partial charge in [0.25, 0.3) is 11.8 Å². The predicted octanol–water partition coefficient (Wildman–Crippen LogP) is 6.30. The summed E-state index contributed by atoms with van der Waals surface area (Å²) in [5, 5.41) is 8.10. The molecule has 0 spiro atoms. The number of fused-ring (bicyclic) bond motifs is 3. The van der Waals surface area contributed by atoms with E-state index in [0.29, 0.717) is 59.7 Å². The van der Waals surface area contributed by atoms with E-state index in [1.54, 1.807) is 29.5 Å². The van der Waals surface area contributed by atoms with E-state index < -0.39 is 5.97 Å². The van der Waals surface area contributed by atoms with Gasteiger partial charge in [0.2, 0.25) is 0 Å². The van der Waals surface area contributed by atoms with Crippen molar-refractivity contribution in [2.45, 2.75) is 46.6 Å². The van der Waals surface area contributed by atoms with Crippen molar-refractivity contribution in [3.63, 3.8) is 0 Å². The quantitative estimate of drug-likeness (QED) is 0.193. The van der Waals surface area contributed by atoms with Crippen LogP contribution >= 0.6 is 11.3 Å². The first-order valence-electron chi connectivity index (χ1n) is 15.5. The minimum Gasteiger partial charge on any atom is -0.493 e. The number of anilines is 1. The van der Waals surface area contributed by atoms with Crippen LogP contribution in [0.3, 0.4) is 0 Å². The van der Waals surface area contributed by atoms with Crippen LogP contribution in [-0.4, -0.2) is 43.0 Å². The van der Waals surface area contributed by atoms with Crippen molar-refractivity contribution in [2.75, 3.05) is 25.6 Å². The Hall–Kier alpha value is -4.54. The maximum absolute atomic E-state index is 14.2. The average molecular weight is 639 g/mol. The first-order valence-corrected chi connectivity index (χ1v) is 16.4. The molecular weight excluding hydrogens is 600 g/mol. The number of nitrogens with zero attached hydrogens (tertiary/aromatic N) is 1. The Morgan fingerprint density at radius 2 is 1.78 bits per heavy atom. The maximum Gasteiger partial charge on any atom is 0.357 e. The van der Waals surface area contributed by atoms with E-state index >= 15 is 0 Å². The summed E-state index contributed by atoms with van der Waals surface area (Å²) in [7, 11) is 1.26. The van der Waals surface area contributed by atoms with E-state index in [4.69, 9.17) is 15.2 Å². The standard InChI is InChI=1S/C36H38N4O5S/c1-19-11-23(12-19)18-38-35(42)29-6-5-25(32(39-29)36(43)44-4)26-16-30-28(33-24(7-9-45-30)8-10-46-33)15-27(26)34(41)40-31-20(2)13-22(17-37)14-21(31)3/h5-6,8,10,13-16,19,23H,7,9,11-12,17-18,37H2,1-4H3,(H,38,42)(H,40,41). The van der Waals surface area contributed by atoms with Crippen LogP contribution in [-0.2, 0) is 17.7 Å². The number of aryl methyl sites for hydroxylation is 2. The number of pyridine rings is 1. The van der Waals surface area contributed by atoms with E-state index in [1.165, 1.54) is 7.11 Å². The fourth-order valence-corrected chi connectivity index (χ4v) is 7.47. The second-order valence-electron chi connectivity index (χ2n) is 12.3. The molecule has 0 unspecified atom stereocenters. The predicted molar refractivity (Wildman–Crippen MR) is 180 cm³/mol. The first kappa shape index (κ1) is 31.4. The molecular formula is C36H38N4O5S. The molecule has 0 radical (unpaired) electrons. The van der Waals surface area contributed by atoms with E-state index in [9.17, 15) is 14.4 Å². The Labute approximate surface area is 272 Å². The second-order valence-corrected chi connectivity index (χ2v) is 13.2. The molecule has 4 aromatic rings. The van der Waals surface area contributed by atoms with Crippen LogP contribution in [0, 0.1) is 25.7 Å². The van der Waals surface area contributed by atoms with Crippen molar-refractivity contribution in [2.24, 2.45) is 17.6 Å². The molecule has 2 amide bonds. The van der Waals surface area contributed by atoms with Gasteiger partial charge < -0.3 is 25.8 Å². The van der Waals surface area contributed by atoms with Gasteiger partial charge in [-0.1, -0.05) is 19.1 Å². The molecule has 1 aliphatic heterocycles. The number of hydrogen-bond donors (Lipinski definition) is 3. The Morgan fingerprint density at radius 1 is 1.02 bits per heavy atom. The highest BCUT2D eigenvalue weighted by Gasteiger charge is 2.29. The molecule has 2 aromatic carbocycles. The number of nitrogens with two attached hydrogens (primary N) is 1. The molecule has 2 aliphatic rings. The molecule has 1 fully saturated rings. The minimum atomic E-state index is -0.718. The number of methoxy groups -OCH3 is 1. The van der Waals surface area contributed by atoms with E-state index in [2.05, 4.69) is 28.6 Å². The third kappa shape index (κ3) is 6.15. The summed E-state index contributed by atoms with van der Waals surface area (Å²) in [6.45, 7) is 7.48. The van der Waals surface area contributed by atoms with Crippen LogP contribution < -0.4 is 21.1 Å². The largest absolute Gasteiger partial charge is 0.493 e. The number of rotatable bonds is 8. The number of carbonyl (C=O) groups excluding carboxylic acids is 3. The molecule has 6 rings (SSSR count). The van der Waals surface area contributed by atoms with Crippen LogP contribution in [0.1, 0.15) is 73.4 Å². The molecule has 2 aromatic heterocycles. The summed E-state index contributed by atoms with van der Waals surface area (Å²) in [4.78, 5) is 46.0. The number of carbonyl (C=O) groups is 3. The van der Waals surface area contributed by atoms with Gasteiger partial charge in [0.1, 0.15) is 11.4 Å². The minimum absolute atomic E-state index is 0.0634. The second kappa shape index (κ2) is 13.1. The fourth-order valence-electron chi connectivity index (χ4n) is 6.49. The Morgan fingerprint density at radius 3 is 2.48 bits per heavy atom. The molecule has 9 nitrogen and oxygen atoms in total. The summed E-state index contributed by atoms with van der Waals surface area (Å²) < 4.78 is 11.3. The fraction of sp³-hybridized carbons (Fsp3) is 0.333. The molecule has 1 aliphatic carbocycles. The van der Waals surface area contributed by atoms with Crippen molar-refractivity contribution in [3.05, 3.63) is 87.0 Å². The van der Waals surface area contributed by atoms with Crippen LogP contribution in [0.2, 0.25) is 0 Å². The molecule has 3 heterocycles. The van der Waals surface area contributed by atoms with Gasteiger partial charge in [-0.25, -0.2) is 9.78 Å². The zero-order valence-electron chi connectivity index (χ0n) is 26.5. The third-order valence-electron chi connectivity index (χ3n) is 8.87. The summed E-state index contributed by atoms with van der Waals surface area (Å²) in [5.74, 6) is 0.271. The van der Waals surface area contributed by atoms with Gasteiger partial charge in [-0.15, -0.1) is 11.3 Å². The average Bonchev–Trinajstić information content (AvgIpc) is 3.44. The van der Waals surface area contributed by atoms with Crippen LogP contribution in [0.25, 0.3) is 21.6 Å². The normalized spacial score (nSPS) is 16.6. The van der Waals surface area contributed by atoms with Crippen molar-refractivity contribution in [1.82, 2.24) is 10.3 Å². The van der Waals surface area contributed by atoms with Gasteiger partial charge in [-0.2, -0.15) is 0 Å². The van der Waals surface area contributed by atoms with E-state index in [1.807, 2.05) is 37.4 Å². The lowest BCUT2D eigenvalue weighted by atomic mass is 9.76. The molecule has 0 saturated heterocycles. The highest BCUT2D eigenvalue weighted by molar-refractivity contribution is 7.13. The monoisotopic (exact) mass is 638 g/mol. The number of nitrogens with one attached hydrogen (secondary N) is 2. The molecule has 1 saturated carbocycles. The Kier molecular flexibility index (Phi) is 8.93. The van der Waals surface area contributed by atoms with Crippen molar-refractivity contribution < 1.29 is 23.9 Å². The molecule has 238 valence electrons. The van der Waals surface area contributed by atoms with Gasteiger partial charge in [0.05, 0.1) is 13.7 Å². The maximum atomic E-state index is 14.2. The Bertz CT molecular complexity index is 1820. The summed E-state index contributed by atoms with van der Waals surface area (Å²) in [5.41, 5.74) is 12.4. The van der Waals surface area contributed by atoms with Gasteiger partial charge in [-0.05, 0) is 96.5 Å². The Balaban J connectivity index is 1.45. The molecule has 46 heavy (non-hydrogen) atoms. The summed E-state index contributed by atoms with van der Waals surface area (Å²) in [6.07, 6.45) is 2.89. The number of esters is 1. The lowest BCUT2D eigenvalue weighted by Gasteiger charge is -2.32. The highest BCUT2D eigenvalue weighted by Crippen LogP contribution is 2.43. The lowest BCUT2D eigenvalue weighted by molar-refractivity contribution is 0.0594. The van der Waals surface area contributed by atoms with Crippen molar-refractivity contribution >= 4 is 34.8 Å². The topological polar surface area (TPSA) is 133 Å². The number of aromatic nitrogens is 1. The van der Waals surface area contributed by atoms with Crippen molar-refractivity contribution in [1.29, 1.82) is 0 Å². The summed E-state index contributed by atoms with van der Waals surface area (Å²) >= 11 is 1.59. The zero-order chi connectivity index (χ0) is 32.5. The number of ether oxygens (including phenoxy) is 2. The van der Waals surface area contributed by atoms with Crippen LogP contribution in [0.5, 0.6) is 5.75 Å². The smallest absolute Gasteiger partial charge is 0.357 e.